The number of amides is 1. The predicted molar refractivity (Wildman–Crippen MR) is 123 cm³/mol. The summed E-state index contributed by atoms with van der Waals surface area (Å²) in [6.07, 6.45) is 1.52. The highest BCUT2D eigenvalue weighted by molar-refractivity contribution is 7.92. The van der Waals surface area contributed by atoms with Crippen molar-refractivity contribution in [2.45, 2.75) is 11.3 Å². The van der Waals surface area contributed by atoms with Crippen LogP contribution in [-0.4, -0.2) is 41.1 Å². The van der Waals surface area contributed by atoms with E-state index >= 15 is 0 Å². The lowest BCUT2D eigenvalue weighted by atomic mass is 10.2. The van der Waals surface area contributed by atoms with Gasteiger partial charge in [0, 0.05) is 16.3 Å². The molecule has 2 aromatic heterocycles. The number of rotatable bonds is 8. The van der Waals surface area contributed by atoms with Crippen molar-refractivity contribution < 1.29 is 17.9 Å². The molecule has 0 bridgehead atoms. The molecule has 1 amide bonds. The Hall–Kier alpha value is -4.21. The summed E-state index contributed by atoms with van der Waals surface area (Å²) in [7, 11) is -4.06. The Labute approximate surface area is 198 Å². The zero-order valence-electron chi connectivity index (χ0n) is 17.3. The maximum absolute atomic E-state index is 12.8. The van der Waals surface area contributed by atoms with Gasteiger partial charge in [-0.2, -0.15) is 15.3 Å². The van der Waals surface area contributed by atoms with Gasteiger partial charge in [-0.1, -0.05) is 11.6 Å². The van der Waals surface area contributed by atoms with E-state index in [1.807, 2.05) is 6.07 Å². The largest absolute Gasteiger partial charge is 0.477 e. The Morgan fingerprint density at radius 2 is 1.97 bits per heavy atom. The molecule has 0 fully saturated rings. The van der Waals surface area contributed by atoms with Crippen molar-refractivity contribution in [3.63, 3.8) is 0 Å². The van der Waals surface area contributed by atoms with Crippen LogP contribution < -0.4 is 15.2 Å². The molecule has 13 heteroatoms. The number of fused-ring (bicyclic) bond motifs is 1. The lowest BCUT2D eigenvalue weighted by molar-refractivity contribution is -0.118. The SMILES string of the molecule is N#Cc1ccc(Cl)cc1S(=O)(=O)Nc1ccc(-c2nc(OCCC(N)=O)c3cn[nH]c3n2)cc1. The first-order valence-corrected chi connectivity index (χ1v) is 11.6. The molecule has 0 radical (unpaired) electrons. The second kappa shape index (κ2) is 9.34. The number of carbonyl (C=O) groups excluding carboxylic acids is 1. The zero-order valence-corrected chi connectivity index (χ0v) is 18.9. The number of nitriles is 1. The number of halogens is 1. The van der Waals surface area contributed by atoms with Crippen molar-refractivity contribution in [1.82, 2.24) is 20.2 Å². The minimum Gasteiger partial charge on any atom is -0.477 e. The predicted octanol–water partition coefficient (Wildman–Crippen LogP) is 2.60. The van der Waals surface area contributed by atoms with E-state index in [1.165, 1.54) is 36.5 Å². The fourth-order valence-electron chi connectivity index (χ4n) is 3.00. The standard InChI is InChI=1S/C21H16ClN7O4S/c22-14-4-1-13(10-23)17(9-14)34(31,32)29-15-5-2-12(3-6-15)19-26-20-16(11-25-28-20)21(27-19)33-8-7-18(24)30/h1-6,9,11,29H,7-8H2,(H2,24,30)(H,25,26,27,28). The number of H-pyrrole nitrogens is 1. The molecule has 0 aliphatic rings. The van der Waals surface area contributed by atoms with Crippen LogP contribution in [0.5, 0.6) is 5.88 Å². The first-order valence-electron chi connectivity index (χ1n) is 9.72. The summed E-state index contributed by atoms with van der Waals surface area (Å²) in [5.74, 6) is 0.0158. The molecule has 0 saturated carbocycles. The number of aromatic amines is 1. The number of hydrogen-bond acceptors (Lipinski definition) is 8. The third kappa shape index (κ3) is 4.90. The van der Waals surface area contributed by atoms with E-state index in [0.29, 0.717) is 22.4 Å². The van der Waals surface area contributed by atoms with Gasteiger partial charge >= 0.3 is 0 Å². The average Bonchev–Trinajstić information content (AvgIpc) is 3.28. The summed E-state index contributed by atoms with van der Waals surface area (Å²) in [5.41, 5.74) is 6.37. The number of anilines is 1. The van der Waals surface area contributed by atoms with Crippen LogP contribution >= 0.6 is 11.6 Å². The van der Waals surface area contributed by atoms with E-state index in [2.05, 4.69) is 24.9 Å². The summed E-state index contributed by atoms with van der Waals surface area (Å²) in [6, 6.07) is 12.1. The Kier molecular flexibility index (Phi) is 6.31. The van der Waals surface area contributed by atoms with Gasteiger partial charge in [0.2, 0.25) is 11.8 Å². The summed E-state index contributed by atoms with van der Waals surface area (Å²) in [5, 5.41) is 16.6. The molecule has 0 atom stereocenters. The molecule has 34 heavy (non-hydrogen) atoms. The highest BCUT2D eigenvalue weighted by Crippen LogP contribution is 2.27. The lowest BCUT2D eigenvalue weighted by Gasteiger charge is -2.11. The Morgan fingerprint density at radius 3 is 2.68 bits per heavy atom. The monoisotopic (exact) mass is 497 g/mol. The molecular formula is C21H16ClN7O4S. The van der Waals surface area contributed by atoms with Crippen LogP contribution in [0.1, 0.15) is 12.0 Å². The molecule has 172 valence electrons. The number of nitrogens with one attached hydrogen (secondary N) is 2. The number of sulfonamides is 1. The quantitative estimate of drug-likeness (QED) is 0.332. The smallest absolute Gasteiger partial charge is 0.263 e. The Morgan fingerprint density at radius 1 is 1.21 bits per heavy atom. The molecule has 2 aromatic carbocycles. The number of hydrogen-bond donors (Lipinski definition) is 3. The minimum atomic E-state index is -4.06. The van der Waals surface area contributed by atoms with Crippen LogP contribution in [0.4, 0.5) is 5.69 Å². The van der Waals surface area contributed by atoms with Crippen molar-refractivity contribution in [3.05, 3.63) is 59.2 Å². The average molecular weight is 498 g/mol. The molecule has 4 N–H and O–H groups in total. The van der Waals surface area contributed by atoms with E-state index in [1.54, 1.807) is 12.1 Å². The van der Waals surface area contributed by atoms with Gasteiger partial charge in [-0.05, 0) is 42.5 Å². The molecule has 0 saturated heterocycles. The number of ether oxygens (including phenoxy) is 1. The molecule has 0 aliphatic heterocycles. The van der Waals surface area contributed by atoms with Crippen LogP contribution in [-0.2, 0) is 14.8 Å². The van der Waals surface area contributed by atoms with Gasteiger partial charge < -0.3 is 10.5 Å². The summed E-state index contributed by atoms with van der Waals surface area (Å²) in [6.45, 7) is 0.0426. The third-order valence-electron chi connectivity index (χ3n) is 4.61. The molecular weight excluding hydrogens is 482 g/mol. The number of nitrogens with zero attached hydrogens (tertiary/aromatic N) is 4. The van der Waals surface area contributed by atoms with Crippen LogP contribution in [0.2, 0.25) is 5.02 Å². The number of carbonyl (C=O) groups is 1. The van der Waals surface area contributed by atoms with E-state index < -0.39 is 15.9 Å². The molecule has 0 unspecified atom stereocenters. The van der Waals surface area contributed by atoms with E-state index in [4.69, 9.17) is 22.1 Å². The van der Waals surface area contributed by atoms with Crippen molar-refractivity contribution in [3.8, 4) is 23.3 Å². The number of primary amides is 1. The van der Waals surface area contributed by atoms with Gasteiger partial charge in [-0.25, -0.2) is 13.4 Å². The number of nitrogens with two attached hydrogens (primary N) is 1. The Balaban J connectivity index is 1.60. The van der Waals surface area contributed by atoms with Crippen LogP contribution in [0.3, 0.4) is 0 Å². The Bertz CT molecular complexity index is 1530. The van der Waals surface area contributed by atoms with Crippen molar-refractivity contribution in [2.24, 2.45) is 5.73 Å². The lowest BCUT2D eigenvalue weighted by Crippen LogP contribution is -2.15. The normalized spacial score (nSPS) is 11.2. The second-order valence-corrected chi connectivity index (χ2v) is 9.07. The van der Waals surface area contributed by atoms with E-state index in [9.17, 15) is 18.5 Å². The van der Waals surface area contributed by atoms with Gasteiger partial charge in [-0.3, -0.25) is 14.6 Å². The summed E-state index contributed by atoms with van der Waals surface area (Å²) in [4.78, 5) is 19.6. The second-order valence-electron chi connectivity index (χ2n) is 6.98. The number of aromatic nitrogens is 4. The van der Waals surface area contributed by atoms with Crippen LogP contribution in [0, 0.1) is 11.3 Å². The van der Waals surface area contributed by atoms with Gasteiger partial charge in [-0.15, -0.1) is 0 Å². The van der Waals surface area contributed by atoms with Gasteiger partial charge in [0.15, 0.2) is 11.5 Å². The number of benzene rings is 2. The molecule has 11 nitrogen and oxygen atoms in total. The molecule has 0 aliphatic carbocycles. The fraction of sp³-hybridized carbons (Fsp3) is 0.0952. The third-order valence-corrected chi connectivity index (χ3v) is 6.27. The maximum atomic E-state index is 12.8. The zero-order chi connectivity index (χ0) is 24.3. The van der Waals surface area contributed by atoms with Crippen LogP contribution in [0.15, 0.2) is 53.6 Å². The van der Waals surface area contributed by atoms with Crippen molar-refractivity contribution in [2.75, 3.05) is 11.3 Å². The van der Waals surface area contributed by atoms with Crippen molar-refractivity contribution >= 4 is 44.3 Å². The van der Waals surface area contributed by atoms with Crippen LogP contribution in [0.25, 0.3) is 22.4 Å². The summed E-state index contributed by atoms with van der Waals surface area (Å²) < 4.78 is 33.6. The first kappa shape index (κ1) is 23.0. The van der Waals surface area contributed by atoms with Gasteiger partial charge in [0.05, 0.1) is 24.8 Å². The van der Waals surface area contributed by atoms with E-state index in [0.717, 1.165) is 0 Å². The topological polar surface area (TPSA) is 177 Å². The molecule has 4 aromatic rings. The van der Waals surface area contributed by atoms with Gasteiger partial charge in [0.1, 0.15) is 16.4 Å². The maximum Gasteiger partial charge on any atom is 0.263 e. The minimum absolute atomic E-state index is 0.0215. The molecule has 4 rings (SSSR count). The molecule has 2 heterocycles. The summed E-state index contributed by atoms with van der Waals surface area (Å²) >= 11 is 5.91. The highest BCUT2D eigenvalue weighted by Gasteiger charge is 2.20. The fourth-order valence-corrected chi connectivity index (χ4v) is 4.48. The first-order chi connectivity index (χ1) is 16.3. The molecule has 0 spiro atoms. The highest BCUT2D eigenvalue weighted by atomic mass is 35.5. The van der Waals surface area contributed by atoms with Crippen molar-refractivity contribution in [1.29, 1.82) is 5.26 Å². The van der Waals surface area contributed by atoms with Gasteiger partial charge in [0.25, 0.3) is 10.0 Å². The van der Waals surface area contributed by atoms with E-state index in [-0.39, 0.29) is 40.1 Å².